The van der Waals surface area contributed by atoms with Gasteiger partial charge in [0, 0.05) is 12.3 Å². The maximum Gasteiger partial charge on any atom is 0.330 e. The van der Waals surface area contributed by atoms with Gasteiger partial charge < -0.3 is 20.1 Å². The van der Waals surface area contributed by atoms with Crippen molar-refractivity contribution in [3.8, 4) is 0 Å². The normalized spacial score (nSPS) is 22.2. The first-order valence-corrected chi connectivity index (χ1v) is 6.23. The zero-order chi connectivity index (χ0) is 15.3. The molecule has 20 heavy (non-hydrogen) atoms. The second-order valence-electron chi connectivity index (χ2n) is 4.98. The van der Waals surface area contributed by atoms with Gasteiger partial charge in [0.05, 0.1) is 12.7 Å². The van der Waals surface area contributed by atoms with Crippen molar-refractivity contribution in [3.05, 3.63) is 33.1 Å². The lowest BCUT2D eigenvalue weighted by Gasteiger charge is -2.13. The van der Waals surface area contributed by atoms with Gasteiger partial charge in [-0.1, -0.05) is 0 Å². The molecular formula is C12H20N2O6. The number of H-pyrrole nitrogens is 1. The van der Waals surface area contributed by atoms with Crippen molar-refractivity contribution < 1.29 is 20.1 Å². The van der Waals surface area contributed by atoms with Gasteiger partial charge in [-0.15, -0.1) is 0 Å². The van der Waals surface area contributed by atoms with Gasteiger partial charge in [-0.25, -0.2) is 4.79 Å². The molecule has 2 unspecified atom stereocenters. The van der Waals surface area contributed by atoms with E-state index in [-0.39, 0.29) is 18.9 Å². The van der Waals surface area contributed by atoms with Crippen molar-refractivity contribution in [2.75, 3.05) is 6.61 Å². The summed E-state index contributed by atoms with van der Waals surface area (Å²) in [5.74, 6) is -1.50. The molecule has 2 atom stereocenters. The second kappa shape index (κ2) is 6.80. The molecular weight excluding hydrogens is 268 g/mol. The van der Waals surface area contributed by atoms with Crippen LogP contribution in [0, 0.1) is 0 Å². The first kappa shape index (κ1) is 16.6. The predicted molar refractivity (Wildman–Crippen MR) is 70.1 cm³/mol. The Hall–Kier alpha value is -1.48. The fourth-order valence-corrected chi connectivity index (χ4v) is 1.68. The van der Waals surface area contributed by atoms with Crippen molar-refractivity contribution in [2.24, 2.45) is 0 Å². The summed E-state index contributed by atoms with van der Waals surface area (Å²) in [7, 11) is 0. The second-order valence-corrected chi connectivity index (χ2v) is 4.98. The van der Waals surface area contributed by atoms with Crippen molar-refractivity contribution in [1.29, 1.82) is 0 Å². The van der Waals surface area contributed by atoms with E-state index in [1.807, 2.05) is 0 Å². The molecule has 8 nitrogen and oxygen atoms in total. The Bertz CT molecular complexity index is 524. The molecule has 1 aromatic rings. The van der Waals surface area contributed by atoms with Crippen LogP contribution in [-0.4, -0.2) is 43.4 Å². The van der Waals surface area contributed by atoms with E-state index in [1.54, 1.807) is 0 Å². The first-order valence-electron chi connectivity index (χ1n) is 6.23. The third-order valence-corrected chi connectivity index (χ3v) is 2.45. The van der Waals surface area contributed by atoms with Gasteiger partial charge in [-0.3, -0.25) is 14.3 Å². The Morgan fingerprint density at radius 3 is 2.45 bits per heavy atom. The number of nitrogens with one attached hydrogen (secondary N) is 1. The number of aliphatic hydroxyl groups is 3. The van der Waals surface area contributed by atoms with Crippen LogP contribution in [0.25, 0.3) is 0 Å². The Labute approximate surface area is 115 Å². The Morgan fingerprint density at radius 1 is 1.40 bits per heavy atom. The van der Waals surface area contributed by atoms with E-state index in [0.29, 0.717) is 12.8 Å². The summed E-state index contributed by atoms with van der Waals surface area (Å²) < 4.78 is 6.74. The molecule has 0 aliphatic carbocycles. The lowest BCUT2D eigenvalue weighted by Crippen LogP contribution is -2.31. The molecule has 1 fully saturated rings. The van der Waals surface area contributed by atoms with Crippen LogP contribution >= 0.6 is 0 Å². The van der Waals surface area contributed by atoms with E-state index in [2.05, 4.69) is 4.98 Å². The zero-order valence-corrected chi connectivity index (χ0v) is 11.4. The molecule has 1 saturated heterocycles. The fourth-order valence-electron chi connectivity index (χ4n) is 1.68. The largest absolute Gasteiger partial charge is 0.394 e. The van der Waals surface area contributed by atoms with Crippen molar-refractivity contribution >= 4 is 0 Å². The predicted octanol–water partition coefficient (Wildman–Crippen LogP) is -1.09. The molecule has 2 rings (SSSR count). The van der Waals surface area contributed by atoms with E-state index in [9.17, 15) is 9.59 Å². The maximum absolute atomic E-state index is 11.4. The Balaban J connectivity index is 0.000000347. The highest BCUT2D eigenvalue weighted by Crippen LogP contribution is 2.26. The first-order chi connectivity index (χ1) is 9.20. The number of hydrogen-bond donors (Lipinski definition) is 4. The van der Waals surface area contributed by atoms with Crippen LogP contribution in [0.4, 0.5) is 0 Å². The maximum atomic E-state index is 11.4. The van der Waals surface area contributed by atoms with Crippen LogP contribution < -0.4 is 11.2 Å². The minimum atomic E-state index is -1.50. The molecule has 1 aromatic heterocycles. The third kappa shape index (κ3) is 5.66. The van der Waals surface area contributed by atoms with Crippen molar-refractivity contribution in [1.82, 2.24) is 9.55 Å². The Kier molecular flexibility index (Phi) is 5.63. The smallest absolute Gasteiger partial charge is 0.330 e. The highest BCUT2D eigenvalue weighted by Gasteiger charge is 2.26. The summed E-state index contributed by atoms with van der Waals surface area (Å²) in [4.78, 5) is 24.4. The molecule has 0 bridgehead atoms. The number of aliphatic hydroxyl groups excluding tert-OH is 1. The summed E-state index contributed by atoms with van der Waals surface area (Å²) in [6.07, 6.45) is 2.19. The van der Waals surface area contributed by atoms with Gasteiger partial charge in [-0.2, -0.15) is 0 Å². The topological polar surface area (TPSA) is 125 Å². The number of rotatable bonds is 2. The van der Waals surface area contributed by atoms with E-state index >= 15 is 0 Å². The number of ether oxygens (including phenoxy) is 1. The molecule has 1 aliphatic rings. The van der Waals surface area contributed by atoms with E-state index in [0.717, 1.165) is 0 Å². The quantitative estimate of drug-likeness (QED) is 0.513. The molecule has 0 aromatic carbocycles. The number of aromatic amines is 1. The number of hydrogen-bond acceptors (Lipinski definition) is 6. The lowest BCUT2D eigenvalue weighted by atomic mass is 10.2. The molecule has 0 spiro atoms. The molecule has 4 N–H and O–H groups in total. The molecule has 0 radical (unpaired) electrons. The summed E-state index contributed by atoms with van der Waals surface area (Å²) in [6.45, 7) is 2.55. The number of aromatic nitrogens is 2. The number of nitrogens with zero attached hydrogens (tertiary/aromatic N) is 1. The molecule has 114 valence electrons. The summed E-state index contributed by atoms with van der Waals surface area (Å²) in [5.41, 5.74) is -0.904. The van der Waals surface area contributed by atoms with Crippen LogP contribution in [0.15, 0.2) is 21.9 Å². The van der Waals surface area contributed by atoms with Gasteiger partial charge >= 0.3 is 5.69 Å². The summed E-state index contributed by atoms with van der Waals surface area (Å²) >= 11 is 0. The van der Waals surface area contributed by atoms with Gasteiger partial charge in [0.25, 0.3) is 5.56 Å². The molecule has 0 saturated carbocycles. The minimum Gasteiger partial charge on any atom is -0.394 e. The summed E-state index contributed by atoms with van der Waals surface area (Å²) in [5, 5.41) is 25.0. The molecule has 2 heterocycles. The minimum absolute atomic E-state index is 0.0470. The van der Waals surface area contributed by atoms with Crippen LogP contribution in [0.3, 0.4) is 0 Å². The standard InChI is InChI=1S/C9H12N2O4.C3H8O2/c12-5-6-1-2-8(15-6)11-4-3-7(13)10-9(11)14;1-3(2,4)5/h3-4,6,8,12H,1-2,5H2,(H,10,13,14);4-5H,1-2H3. The van der Waals surface area contributed by atoms with E-state index < -0.39 is 17.0 Å². The average molecular weight is 288 g/mol. The van der Waals surface area contributed by atoms with Crippen LogP contribution in [0.5, 0.6) is 0 Å². The highest BCUT2D eigenvalue weighted by molar-refractivity contribution is 4.85. The van der Waals surface area contributed by atoms with Crippen molar-refractivity contribution in [3.63, 3.8) is 0 Å². The van der Waals surface area contributed by atoms with Crippen molar-refractivity contribution in [2.45, 2.75) is 44.8 Å². The van der Waals surface area contributed by atoms with Gasteiger partial charge in [-0.05, 0) is 26.7 Å². The molecule has 1 aliphatic heterocycles. The third-order valence-electron chi connectivity index (χ3n) is 2.45. The van der Waals surface area contributed by atoms with Gasteiger partial charge in [0.15, 0.2) is 5.79 Å². The van der Waals surface area contributed by atoms with Crippen LogP contribution in [0.2, 0.25) is 0 Å². The summed E-state index contributed by atoms with van der Waals surface area (Å²) in [6, 6.07) is 1.27. The van der Waals surface area contributed by atoms with E-state index in [4.69, 9.17) is 20.1 Å². The fraction of sp³-hybridized carbons (Fsp3) is 0.667. The van der Waals surface area contributed by atoms with Crippen LogP contribution in [0.1, 0.15) is 32.9 Å². The average Bonchev–Trinajstić information content (AvgIpc) is 2.75. The molecule has 8 heteroatoms. The lowest BCUT2D eigenvalue weighted by molar-refractivity contribution is -0.127. The Morgan fingerprint density at radius 2 is 2.00 bits per heavy atom. The van der Waals surface area contributed by atoms with E-state index in [1.165, 1.54) is 30.7 Å². The zero-order valence-electron chi connectivity index (χ0n) is 11.4. The van der Waals surface area contributed by atoms with Gasteiger partial charge in [0.2, 0.25) is 0 Å². The highest BCUT2D eigenvalue weighted by atomic mass is 16.5. The monoisotopic (exact) mass is 288 g/mol. The van der Waals surface area contributed by atoms with Gasteiger partial charge in [0.1, 0.15) is 6.23 Å². The van der Waals surface area contributed by atoms with Crippen LogP contribution in [-0.2, 0) is 4.74 Å². The SMILES string of the molecule is CC(C)(O)O.O=c1ccn(C2CCC(CO)O2)c(=O)[nH]1. The molecule has 0 amide bonds.